The first-order chi connectivity index (χ1) is 10.1. The predicted molar refractivity (Wildman–Crippen MR) is 92.3 cm³/mol. The minimum atomic E-state index is -0.559. The van der Waals surface area contributed by atoms with Crippen molar-refractivity contribution in [3.8, 4) is 0 Å². The Balaban J connectivity index is 2.82. The molecule has 0 saturated heterocycles. The summed E-state index contributed by atoms with van der Waals surface area (Å²) in [6.07, 6.45) is 0. The number of hydrogen-bond acceptors (Lipinski definition) is 5. The Morgan fingerprint density at radius 3 is 2.36 bits per heavy atom. The van der Waals surface area contributed by atoms with Crippen molar-refractivity contribution in [1.82, 2.24) is 9.80 Å². The van der Waals surface area contributed by atoms with Gasteiger partial charge >= 0.3 is 5.97 Å². The number of ether oxygens (including phenoxy) is 1. The van der Waals surface area contributed by atoms with Crippen molar-refractivity contribution in [2.45, 2.75) is 26.4 Å². The summed E-state index contributed by atoms with van der Waals surface area (Å²) in [5, 5.41) is 1.84. The van der Waals surface area contributed by atoms with Crippen LogP contribution in [0, 0.1) is 0 Å². The van der Waals surface area contributed by atoms with Crippen LogP contribution < -0.4 is 0 Å². The molecule has 0 bridgehead atoms. The molecule has 0 spiro atoms. The second-order valence-corrected chi connectivity index (χ2v) is 7.98. The van der Waals surface area contributed by atoms with Gasteiger partial charge in [-0.25, -0.2) is 0 Å². The molecule has 0 unspecified atom stereocenters. The van der Waals surface area contributed by atoms with E-state index < -0.39 is 11.6 Å². The summed E-state index contributed by atoms with van der Waals surface area (Å²) in [4.78, 5) is 28.8. The third kappa shape index (κ3) is 6.46. The second-order valence-electron chi connectivity index (χ2n) is 6.21. The Bertz CT molecular complexity index is 523. The average Bonchev–Trinajstić information content (AvgIpc) is 2.77. The lowest BCUT2D eigenvalue weighted by atomic mass is 10.2. The van der Waals surface area contributed by atoms with Gasteiger partial charge in [-0.2, -0.15) is 0 Å². The number of amides is 1. The molecule has 0 atom stereocenters. The normalized spacial score (nSPS) is 11.6. The fourth-order valence-electron chi connectivity index (χ4n) is 1.69. The molecule has 1 aromatic rings. The number of rotatable bonds is 6. The maximum atomic E-state index is 12.6. The topological polar surface area (TPSA) is 49.9 Å². The second kappa shape index (κ2) is 8.08. The highest BCUT2D eigenvalue weighted by atomic mass is 79.9. The molecule has 0 aliphatic rings. The summed E-state index contributed by atoms with van der Waals surface area (Å²) < 4.78 is 6.07. The predicted octanol–water partition coefficient (Wildman–Crippen LogP) is 2.86. The molecule has 0 fully saturated rings. The zero-order valence-electron chi connectivity index (χ0n) is 13.7. The quantitative estimate of drug-likeness (QED) is 0.700. The van der Waals surface area contributed by atoms with Crippen molar-refractivity contribution in [3.63, 3.8) is 0 Å². The lowest BCUT2D eigenvalue weighted by Crippen LogP contribution is -2.41. The van der Waals surface area contributed by atoms with Crippen LogP contribution in [0.3, 0.4) is 0 Å². The van der Waals surface area contributed by atoms with E-state index >= 15 is 0 Å². The summed E-state index contributed by atoms with van der Waals surface area (Å²) in [7, 11) is 3.86. The van der Waals surface area contributed by atoms with Gasteiger partial charge in [0, 0.05) is 17.6 Å². The van der Waals surface area contributed by atoms with Crippen LogP contribution in [0.2, 0.25) is 0 Å². The average molecular weight is 391 g/mol. The van der Waals surface area contributed by atoms with E-state index in [0.29, 0.717) is 18.0 Å². The van der Waals surface area contributed by atoms with E-state index in [4.69, 9.17) is 4.74 Å². The van der Waals surface area contributed by atoms with E-state index in [0.717, 1.165) is 4.47 Å². The van der Waals surface area contributed by atoms with Crippen molar-refractivity contribution >= 4 is 39.1 Å². The Morgan fingerprint density at radius 1 is 1.27 bits per heavy atom. The van der Waals surface area contributed by atoms with E-state index in [1.807, 2.05) is 51.2 Å². The molecule has 124 valence electrons. The molecule has 0 aliphatic heterocycles. The summed E-state index contributed by atoms with van der Waals surface area (Å²) in [5.74, 6) is -0.554. The number of nitrogens with zero attached hydrogens (tertiary/aromatic N) is 2. The molecule has 0 radical (unpaired) electrons. The van der Waals surface area contributed by atoms with Crippen LogP contribution in [0.4, 0.5) is 0 Å². The molecule has 0 N–H and O–H groups in total. The van der Waals surface area contributed by atoms with Crippen molar-refractivity contribution in [2.75, 3.05) is 33.7 Å². The van der Waals surface area contributed by atoms with Crippen LogP contribution >= 0.6 is 27.3 Å². The smallest absolute Gasteiger partial charge is 0.326 e. The number of carbonyl (C=O) groups is 2. The van der Waals surface area contributed by atoms with Crippen LogP contribution in [0.25, 0.3) is 0 Å². The Morgan fingerprint density at radius 2 is 1.91 bits per heavy atom. The molecule has 1 amide bonds. The minimum absolute atomic E-state index is 0.0473. The highest BCUT2D eigenvalue weighted by Gasteiger charge is 2.24. The van der Waals surface area contributed by atoms with E-state index in [1.165, 1.54) is 16.2 Å². The van der Waals surface area contributed by atoms with Gasteiger partial charge in [-0.15, -0.1) is 11.3 Å². The number of likely N-dealkylation sites (N-methyl/N-ethyl adjacent to an activating group) is 1. The van der Waals surface area contributed by atoms with Gasteiger partial charge in [0.1, 0.15) is 17.0 Å². The fraction of sp³-hybridized carbons (Fsp3) is 0.600. The Kier molecular flexibility index (Phi) is 7.02. The molecule has 1 aromatic heterocycles. The minimum Gasteiger partial charge on any atom is -0.459 e. The van der Waals surface area contributed by atoms with Crippen molar-refractivity contribution in [1.29, 1.82) is 0 Å². The number of carbonyl (C=O) groups excluding carboxylic acids is 2. The molecule has 1 heterocycles. The SMILES string of the molecule is CN(C)CCN(CC(=O)OC(C)(C)C)C(=O)c1sccc1Br. The van der Waals surface area contributed by atoms with E-state index in [2.05, 4.69) is 15.9 Å². The molecular formula is C15H23BrN2O3S. The van der Waals surface area contributed by atoms with Gasteiger partial charge in [0.2, 0.25) is 0 Å². The van der Waals surface area contributed by atoms with Gasteiger partial charge in [-0.3, -0.25) is 9.59 Å². The van der Waals surface area contributed by atoms with Gasteiger partial charge in [0.25, 0.3) is 5.91 Å². The van der Waals surface area contributed by atoms with Crippen LogP contribution in [0.15, 0.2) is 15.9 Å². The lowest BCUT2D eigenvalue weighted by Gasteiger charge is -2.26. The first-order valence-corrected chi connectivity index (χ1v) is 8.66. The van der Waals surface area contributed by atoms with Crippen LogP contribution in [-0.4, -0.2) is 61.0 Å². The highest BCUT2D eigenvalue weighted by molar-refractivity contribution is 9.10. The van der Waals surface area contributed by atoms with Gasteiger partial charge in [-0.05, 0) is 62.2 Å². The Hall–Kier alpha value is -0.920. The lowest BCUT2D eigenvalue weighted by molar-refractivity contribution is -0.155. The van der Waals surface area contributed by atoms with Gasteiger partial charge in [0.15, 0.2) is 0 Å². The van der Waals surface area contributed by atoms with Gasteiger partial charge in [0.05, 0.1) is 0 Å². The van der Waals surface area contributed by atoms with E-state index in [9.17, 15) is 9.59 Å². The molecule has 7 heteroatoms. The van der Waals surface area contributed by atoms with Crippen molar-refractivity contribution in [2.24, 2.45) is 0 Å². The van der Waals surface area contributed by atoms with Crippen molar-refractivity contribution in [3.05, 3.63) is 20.8 Å². The first-order valence-electron chi connectivity index (χ1n) is 6.99. The largest absolute Gasteiger partial charge is 0.459 e. The summed E-state index contributed by atoms with van der Waals surface area (Å²) >= 11 is 4.72. The summed E-state index contributed by atoms with van der Waals surface area (Å²) in [6.45, 7) is 6.54. The molecule has 1 rings (SSSR count). The van der Waals surface area contributed by atoms with E-state index in [1.54, 1.807) is 0 Å². The maximum absolute atomic E-state index is 12.6. The number of halogens is 1. The number of thiophene rings is 1. The Labute approximate surface area is 144 Å². The maximum Gasteiger partial charge on any atom is 0.326 e. The van der Waals surface area contributed by atoms with Crippen molar-refractivity contribution < 1.29 is 14.3 Å². The third-order valence-corrected chi connectivity index (χ3v) is 4.48. The molecular weight excluding hydrogens is 368 g/mol. The zero-order chi connectivity index (χ0) is 16.9. The van der Waals surface area contributed by atoms with Gasteiger partial charge in [-0.1, -0.05) is 0 Å². The zero-order valence-corrected chi connectivity index (χ0v) is 16.1. The monoisotopic (exact) mass is 390 g/mol. The number of hydrogen-bond donors (Lipinski definition) is 0. The molecule has 0 aromatic carbocycles. The standard InChI is InChI=1S/C15H23BrN2O3S/c1-15(2,3)21-12(19)10-18(8-7-17(4)5)14(20)13-11(16)6-9-22-13/h6,9H,7-8,10H2,1-5H3. The molecule has 0 aliphatic carbocycles. The summed E-state index contributed by atoms with van der Waals surface area (Å²) in [6, 6.07) is 1.83. The fourth-order valence-corrected chi connectivity index (χ4v) is 3.20. The third-order valence-electron chi connectivity index (χ3n) is 2.66. The first kappa shape index (κ1) is 19.1. The molecule has 5 nitrogen and oxygen atoms in total. The van der Waals surface area contributed by atoms with Crippen LogP contribution in [0.5, 0.6) is 0 Å². The highest BCUT2D eigenvalue weighted by Crippen LogP contribution is 2.24. The molecule has 22 heavy (non-hydrogen) atoms. The van der Waals surface area contributed by atoms with E-state index in [-0.39, 0.29) is 12.5 Å². The van der Waals surface area contributed by atoms with Gasteiger partial charge < -0.3 is 14.5 Å². The number of esters is 1. The molecule has 0 saturated carbocycles. The van der Waals surface area contributed by atoms with Crippen LogP contribution in [0.1, 0.15) is 30.4 Å². The van der Waals surface area contributed by atoms with Crippen LogP contribution in [-0.2, 0) is 9.53 Å². The summed E-state index contributed by atoms with van der Waals surface area (Å²) in [5.41, 5.74) is -0.559.